The third kappa shape index (κ3) is 3.39. The van der Waals surface area contributed by atoms with Gasteiger partial charge in [0.1, 0.15) is 0 Å². The van der Waals surface area contributed by atoms with E-state index in [1.807, 2.05) is 0 Å². The summed E-state index contributed by atoms with van der Waals surface area (Å²) in [6.45, 7) is 4.36. The first-order chi connectivity index (χ1) is 6.77. The predicted molar refractivity (Wildman–Crippen MR) is 62.6 cm³/mol. The van der Waals surface area contributed by atoms with Crippen molar-refractivity contribution >= 4 is 11.3 Å². The quantitative estimate of drug-likeness (QED) is 0.786. The maximum atomic E-state index is 5.99. The molecule has 1 unspecified atom stereocenters. The van der Waals surface area contributed by atoms with Crippen molar-refractivity contribution in [3.05, 3.63) is 16.1 Å². The minimum Gasteiger partial charge on any atom is -0.323 e. The molecule has 1 aromatic rings. The predicted octanol–water partition coefficient (Wildman–Crippen LogP) is 3.29. The number of aryl methyl sites for hydroxylation is 1. The average Bonchev–Trinajstić information content (AvgIpc) is 2.63. The summed E-state index contributed by atoms with van der Waals surface area (Å²) in [5.74, 6) is 0. The Hall–Kier alpha value is -0.410. The molecule has 0 spiro atoms. The van der Waals surface area contributed by atoms with Gasteiger partial charge in [0.05, 0.1) is 10.7 Å². The fourth-order valence-electron chi connectivity index (χ4n) is 1.40. The summed E-state index contributed by atoms with van der Waals surface area (Å²) in [5.41, 5.74) is 7.08. The fourth-order valence-corrected chi connectivity index (χ4v) is 2.30. The molecule has 1 heterocycles. The van der Waals surface area contributed by atoms with Gasteiger partial charge in [-0.15, -0.1) is 11.3 Å². The number of unbranched alkanes of at least 4 members (excludes halogenated alkanes) is 1. The standard InChI is InChI=1S/C11H20N2S/c1-3-5-7-11-13-10(8-14-11)9(12)6-4-2/h8-9H,3-7,12H2,1-2H3. The van der Waals surface area contributed by atoms with Crippen LogP contribution in [-0.2, 0) is 6.42 Å². The third-order valence-corrected chi connectivity index (χ3v) is 3.22. The Balaban J connectivity index is 2.49. The molecule has 0 fully saturated rings. The van der Waals surface area contributed by atoms with E-state index in [-0.39, 0.29) is 6.04 Å². The van der Waals surface area contributed by atoms with E-state index in [2.05, 4.69) is 24.2 Å². The van der Waals surface area contributed by atoms with Crippen LogP contribution in [-0.4, -0.2) is 4.98 Å². The lowest BCUT2D eigenvalue weighted by atomic mass is 10.1. The molecule has 0 saturated heterocycles. The highest BCUT2D eigenvalue weighted by molar-refractivity contribution is 7.09. The number of nitrogens with zero attached hydrogens (tertiary/aromatic N) is 1. The Morgan fingerprint density at radius 3 is 2.86 bits per heavy atom. The average molecular weight is 212 g/mol. The van der Waals surface area contributed by atoms with Crippen LogP contribution >= 0.6 is 11.3 Å². The SMILES string of the molecule is CCCCc1nc(C(N)CCC)cs1. The summed E-state index contributed by atoms with van der Waals surface area (Å²) in [6, 6.07) is 0.145. The van der Waals surface area contributed by atoms with Crippen molar-refractivity contribution in [3.63, 3.8) is 0 Å². The van der Waals surface area contributed by atoms with E-state index in [1.54, 1.807) is 11.3 Å². The van der Waals surface area contributed by atoms with Crippen LogP contribution in [0.2, 0.25) is 0 Å². The molecule has 3 heteroatoms. The third-order valence-electron chi connectivity index (χ3n) is 2.29. The van der Waals surface area contributed by atoms with Crippen molar-refractivity contribution in [2.45, 2.75) is 52.0 Å². The van der Waals surface area contributed by atoms with E-state index in [1.165, 1.54) is 17.8 Å². The molecule has 1 rings (SSSR count). The fraction of sp³-hybridized carbons (Fsp3) is 0.727. The topological polar surface area (TPSA) is 38.9 Å². The van der Waals surface area contributed by atoms with Gasteiger partial charge >= 0.3 is 0 Å². The van der Waals surface area contributed by atoms with Crippen LogP contribution in [0.4, 0.5) is 0 Å². The van der Waals surface area contributed by atoms with Crippen molar-refractivity contribution in [3.8, 4) is 0 Å². The lowest BCUT2D eigenvalue weighted by Gasteiger charge is -2.05. The molecule has 80 valence electrons. The highest BCUT2D eigenvalue weighted by Gasteiger charge is 2.08. The minimum atomic E-state index is 0.145. The maximum absolute atomic E-state index is 5.99. The largest absolute Gasteiger partial charge is 0.323 e. The first-order valence-electron chi connectivity index (χ1n) is 5.47. The number of hydrogen-bond donors (Lipinski definition) is 1. The maximum Gasteiger partial charge on any atom is 0.0928 e. The van der Waals surface area contributed by atoms with Gasteiger partial charge in [-0.25, -0.2) is 4.98 Å². The van der Waals surface area contributed by atoms with E-state index < -0.39 is 0 Å². The van der Waals surface area contributed by atoms with Crippen LogP contribution < -0.4 is 5.73 Å². The van der Waals surface area contributed by atoms with Crippen LogP contribution in [0.5, 0.6) is 0 Å². The molecule has 2 N–H and O–H groups in total. The normalized spacial score (nSPS) is 13.1. The van der Waals surface area contributed by atoms with Crippen molar-refractivity contribution < 1.29 is 0 Å². The molecule has 2 nitrogen and oxygen atoms in total. The molecular formula is C11H20N2S. The van der Waals surface area contributed by atoms with Gasteiger partial charge in [0.25, 0.3) is 0 Å². The Morgan fingerprint density at radius 2 is 2.21 bits per heavy atom. The summed E-state index contributed by atoms with van der Waals surface area (Å²) in [4.78, 5) is 4.56. The molecule has 0 saturated carbocycles. The van der Waals surface area contributed by atoms with Gasteiger partial charge in [-0.3, -0.25) is 0 Å². The smallest absolute Gasteiger partial charge is 0.0928 e. The van der Waals surface area contributed by atoms with Gasteiger partial charge in [-0.1, -0.05) is 26.7 Å². The van der Waals surface area contributed by atoms with Crippen LogP contribution in [0, 0.1) is 0 Å². The second-order valence-electron chi connectivity index (χ2n) is 3.66. The highest BCUT2D eigenvalue weighted by Crippen LogP contribution is 2.19. The summed E-state index contributed by atoms with van der Waals surface area (Å²) < 4.78 is 0. The zero-order chi connectivity index (χ0) is 10.4. The lowest BCUT2D eigenvalue weighted by molar-refractivity contribution is 0.622. The van der Waals surface area contributed by atoms with Crippen LogP contribution in [0.3, 0.4) is 0 Å². The number of nitrogens with two attached hydrogens (primary N) is 1. The summed E-state index contributed by atoms with van der Waals surface area (Å²) in [5, 5.41) is 3.36. The zero-order valence-electron chi connectivity index (χ0n) is 9.12. The molecule has 0 aliphatic carbocycles. The monoisotopic (exact) mass is 212 g/mol. The molecule has 14 heavy (non-hydrogen) atoms. The second kappa shape index (κ2) is 6.14. The molecule has 0 amide bonds. The van der Waals surface area contributed by atoms with Gasteiger partial charge in [0.2, 0.25) is 0 Å². The van der Waals surface area contributed by atoms with Crippen molar-refractivity contribution in [1.29, 1.82) is 0 Å². The van der Waals surface area contributed by atoms with E-state index in [0.29, 0.717) is 0 Å². The van der Waals surface area contributed by atoms with E-state index >= 15 is 0 Å². The van der Waals surface area contributed by atoms with Gasteiger partial charge in [-0.2, -0.15) is 0 Å². The molecule has 0 radical (unpaired) electrons. The number of thiazole rings is 1. The van der Waals surface area contributed by atoms with E-state index in [4.69, 9.17) is 5.73 Å². The Labute approximate surface area is 90.6 Å². The van der Waals surface area contributed by atoms with Crippen LogP contribution in [0.1, 0.15) is 56.3 Å². The molecule has 0 aromatic carbocycles. The minimum absolute atomic E-state index is 0.145. The molecule has 0 aliphatic heterocycles. The number of hydrogen-bond acceptors (Lipinski definition) is 3. The van der Waals surface area contributed by atoms with Crippen molar-refractivity contribution in [1.82, 2.24) is 4.98 Å². The van der Waals surface area contributed by atoms with Gasteiger partial charge in [0.15, 0.2) is 0 Å². The first-order valence-corrected chi connectivity index (χ1v) is 6.35. The van der Waals surface area contributed by atoms with Crippen LogP contribution in [0.25, 0.3) is 0 Å². The lowest BCUT2D eigenvalue weighted by Crippen LogP contribution is -2.10. The summed E-state index contributed by atoms with van der Waals surface area (Å²) in [6.07, 6.45) is 5.74. The molecular weight excluding hydrogens is 192 g/mol. The van der Waals surface area contributed by atoms with Gasteiger partial charge < -0.3 is 5.73 Å². The Morgan fingerprint density at radius 1 is 1.43 bits per heavy atom. The molecule has 0 bridgehead atoms. The Kier molecular flexibility index (Phi) is 5.12. The van der Waals surface area contributed by atoms with Crippen molar-refractivity contribution in [2.24, 2.45) is 5.73 Å². The molecule has 1 atom stereocenters. The highest BCUT2D eigenvalue weighted by atomic mass is 32.1. The summed E-state index contributed by atoms with van der Waals surface area (Å²) in [7, 11) is 0. The molecule has 1 aromatic heterocycles. The van der Waals surface area contributed by atoms with E-state index in [0.717, 1.165) is 25.0 Å². The molecule has 0 aliphatic rings. The second-order valence-corrected chi connectivity index (χ2v) is 4.61. The number of aromatic nitrogens is 1. The first kappa shape index (κ1) is 11.7. The van der Waals surface area contributed by atoms with E-state index in [9.17, 15) is 0 Å². The zero-order valence-corrected chi connectivity index (χ0v) is 9.94. The van der Waals surface area contributed by atoms with Crippen LogP contribution in [0.15, 0.2) is 5.38 Å². The summed E-state index contributed by atoms with van der Waals surface area (Å²) >= 11 is 1.75. The van der Waals surface area contributed by atoms with Crippen molar-refractivity contribution in [2.75, 3.05) is 0 Å². The number of rotatable bonds is 6. The van der Waals surface area contributed by atoms with Gasteiger partial charge in [0, 0.05) is 11.4 Å². The Bertz CT molecular complexity index is 258. The van der Waals surface area contributed by atoms with Gasteiger partial charge in [-0.05, 0) is 19.3 Å².